The van der Waals surface area contributed by atoms with Gasteiger partial charge in [-0.1, -0.05) is 152 Å². The van der Waals surface area contributed by atoms with Gasteiger partial charge in [0.05, 0.1) is 33.5 Å². The molecule has 0 saturated carbocycles. The molecule has 0 atom stereocenters. The van der Waals surface area contributed by atoms with E-state index < -0.39 is 0 Å². The summed E-state index contributed by atoms with van der Waals surface area (Å²) in [7, 11) is 0. The van der Waals surface area contributed by atoms with Crippen molar-refractivity contribution in [2.75, 3.05) is 0 Å². The number of hydrogen-bond donors (Lipinski definition) is 0. The van der Waals surface area contributed by atoms with Crippen molar-refractivity contribution in [2.45, 2.75) is 0 Å². The zero-order valence-corrected chi connectivity index (χ0v) is 30.4. The van der Waals surface area contributed by atoms with E-state index in [0.717, 1.165) is 61.6 Å². The summed E-state index contributed by atoms with van der Waals surface area (Å²) in [4.78, 5) is 10.4. The molecule has 262 valence electrons. The highest BCUT2D eigenvalue weighted by Crippen LogP contribution is 2.40. The third-order valence-corrected chi connectivity index (χ3v) is 10.9. The number of aromatic nitrogens is 4. The van der Waals surface area contributed by atoms with E-state index in [-0.39, 0.29) is 0 Å². The summed E-state index contributed by atoms with van der Waals surface area (Å²) in [6, 6.07) is 73.1. The Morgan fingerprint density at radius 2 is 0.768 bits per heavy atom. The Kier molecular flexibility index (Phi) is 7.46. The smallest absolute Gasteiger partial charge is 0.160 e. The monoisotopic (exact) mass is 714 g/mol. The molecule has 0 amide bonds. The third kappa shape index (κ3) is 5.23. The molecule has 0 fully saturated rings. The summed E-state index contributed by atoms with van der Waals surface area (Å²) >= 11 is 0. The van der Waals surface area contributed by atoms with E-state index in [1.165, 1.54) is 32.6 Å². The van der Waals surface area contributed by atoms with Crippen molar-refractivity contribution in [1.82, 2.24) is 19.1 Å². The lowest BCUT2D eigenvalue weighted by Crippen LogP contribution is -1.98. The van der Waals surface area contributed by atoms with Crippen molar-refractivity contribution in [1.29, 1.82) is 0 Å². The summed E-state index contributed by atoms with van der Waals surface area (Å²) < 4.78 is 4.80. The summed E-state index contributed by atoms with van der Waals surface area (Å²) in [6.45, 7) is 0. The Labute approximate surface area is 324 Å². The minimum atomic E-state index is 0.695. The molecular weight excluding hydrogens is 681 g/mol. The van der Waals surface area contributed by atoms with Crippen LogP contribution < -0.4 is 0 Å². The van der Waals surface area contributed by atoms with E-state index in [1.54, 1.807) is 0 Å². The molecule has 0 aliphatic heterocycles. The molecule has 0 aliphatic rings. The first-order valence-corrected chi connectivity index (χ1v) is 19.0. The van der Waals surface area contributed by atoms with Gasteiger partial charge in [0.15, 0.2) is 5.82 Å². The molecule has 4 heteroatoms. The lowest BCUT2D eigenvalue weighted by Gasteiger charge is -2.14. The molecule has 0 saturated heterocycles. The molecule has 0 aliphatic carbocycles. The standard InChI is InChI=1S/C52H34N4/c1-4-17-35(18-5-1)40-25-10-11-26-41(40)47-34-46(53-52(54-47)36-19-6-2-7-20-36)37-21-16-24-39(31-37)56-49-30-15-13-28-43(49)45-32-50-44(33-51(45)56)42-27-12-14-29-48(42)55(50)38-22-8-3-9-23-38/h1-34H. The fourth-order valence-corrected chi connectivity index (χ4v) is 8.39. The van der Waals surface area contributed by atoms with E-state index in [9.17, 15) is 0 Å². The molecular formula is C52H34N4. The normalized spacial score (nSPS) is 11.6. The average molecular weight is 715 g/mol. The molecule has 56 heavy (non-hydrogen) atoms. The van der Waals surface area contributed by atoms with Gasteiger partial charge < -0.3 is 9.13 Å². The van der Waals surface area contributed by atoms with Gasteiger partial charge in [-0.05, 0) is 65.7 Å². The van der Waals surface area contributed by atoms with E-state index in [4.69, 9.17) is 9.97 Å². The average Bonchev–Trinajstić information content (AvgIpc) is 3.78. The predicted molar refractivity (Wildman–Crippen MR) is 232 cm³/mol. The fraction of sp³-hybridized carbons (Fsp3) is 0. The van der Waals surface area contributed by atoms with Crippen LogP contribution in [0.1, 0.15) is 0 Å². The van der Waals surface area contributed by atoms with Gasteiger partial charge in [-0.2, -0.15) is 0 Å². The number of para-hydroxylation sites is 3. The van der Waals surface area contributed by atoms with Crippen molar-refractivity contribution in [2.24, 2.45) is 0 Å². The number of hydrogen-bond acceptors (Lipinski definition) is 2. The molecule has 8 aromatic carbocycles. The van der Waals surface area contributed by atoms with Gasteiger partial charge in [0.25, 0.3) is 0 Å². The molecule has 0 spiro atoms. The lowest BCUT2D eigenvalue weighted by atomic mass is 9.96. The van der Waals surface area contributed by atoms with Crippen LogP contribution in [0.2, 0.25) is 0 Å². The van der Waals surface area contributed by atoms with Gasteiger partial charge in [0.1, 0.15) is 0 Å². The van der Waals surface area contributed by atoms with Crippen LogP contribution in [0.25, 0.3) is 100 Å². The summed E-state index contributed by atoms with van der Waals surface area (Å²) in [5, 5.41) is 4.89. The van der Waals surface area contributed by atoms with Crippen molar-refractivity contribution in [3.8, 4) is 56.4 Å². The first-order valence-electron chi connectivity index (χ1n) is 19.0. The molecule has 3 heterocycles. The predicted octanol–water partition coefficient (Wildman–Crippen LogP) is 13.3. The second-order valence-electron chi connectivity index (χ2n) is 14.2. The Balaban J connectivity index is 1.13. The molecule has 0 bridgehead atoms. The number of nitrogens with zero attached hydrogens (tertiary/aromatic N) is 4. The van der Waals surface area contributed by atoms with E-state index in [2.05, 4.69) is 197 Å². The van der Waals surface area contributed by atoms with Crippen LogP contribution in [0, 0.1) is 0 Å². The molecule has 0 N–H and O–H groups in total. The number of fused-ring (bicyclic) bond motifs is 6. The Hall–Kier alpha value is -7.56. The van der Waals surface area contributed by atoms with Crippen LogP contribution in [-0.4, -0.2) is 19.1 Å². The van der Waals surface area contributed by atoms with Gasteiger partial charge >= 0.3 is 0 Å². The molecule has 0 unspecified atom stereocenters. The maximum Gasteiger partial charge on any atom is 0.160 e. The summed E-state index contributed by atoms with van der Waals surface area (Å²) in [6.07, 6.45) is 0. The van der Waals surface area contributed by atoms with Gasteiger partial charge in [0, 0.05) is 49.6 Å². The zero-order valence-electron chi connectivity index (χ0n) is 30.4. The van der Waals surface area contributed by atoms with Crippen LogP contribution in [0.5, 0.6) is 0 Å². The molecule has 3 aromatic heterocycles. The highest BCUT2D eigenvalue weighted by molar-refractivity contribution is 6.19. The van der Waals surface area contributed by atoms with Gasteiger partial charge in [-0.25, -0.2) is 9.97 Å². The third-order valence-electron chi connectivity index (χ3n) is 10.9. The minimum absolute atomic E-state index is 0.695. The van der Waals surface area contributed by atoms with Crippen LogP contribution >= 0.6 is 0 Å². The summed E-state index contributed by atoms with van der Waals surface area (Å²) in [5.74, 6) is 0.695. The molecule has 0 radical (unpaired) electrons. The summed E-state index contributed by atoms with van der Waals surface area (Å²) in [5.41, 5.74) is 14.0. The maximum absolute atomic E-state index is 5.23. The van der Waals surface area contributed by atoms with Crippen molar-refractivity contribution < 1.29 is 0 Å². The largest absolute Gasteiger partial charge is 0.309 e. The van der Waals surface area contributed by atoms with Gasteiger partial charge in [-0.3, -0.25) is 0 Å². The van der Waals surface area contributed by atoms with Crippen molar-refractivity contribution in [3.05, 3.63) is 206 Å². The first kappa shape index (κ1) is 31.9. The van der Waals surface area contributed by atoms with Crippen LogP contribution in [0.3, 0.4) is 0 Å². The van der Waals surface area contributed by atoms with Gasteiger partial charge in [0.2, 0.25) is 0 Å². The molecule has 4 nitrogen and oxygen atoms in total. The van der Waals surface area contributed by atoms with Crippen LogP contribution in [0.15, 0.2) is 206 Å². The zero-order chi connectivity index (χ0) is 37.0. The number of benzene rings is 8. The highest BCUT2D eigenvalue weighted by Gasteiger charge is 2.19. The van der Waals surface area contributed by atoms with E-state index >= 15 is 0 Å². The topological polar surface area (TPSA) is 35.6 Å². The lowest BCUT2D eigenvalue weighted by molar-refractivity contribution is 1.16. The van der Waals surface area contributed by atoms with Crippen LogP contribution in [-0.2, 0) is 0 Å². The van der Waals surface area contributed by atoms with Crippen LogP contribution in [0.4, 0.5) is 0 Å². The Morgan fingerprint density at radius 1 is 0.286 bits per heavy atom. The molecule has 11 aromatic rings. The quantitative estimate of drug-likeness (QED) is 0.172. The first-order chi connectivity index (χ1) is 27.8. The number of rotatable bonds is 6. The van der Waals surface area contributed by atoms with Crippen molar-refractivity contribution >= 4 is 43.6 Å². The second-order valence-corrected chi connectivity index (χ2v) is 14.2. The Bertz CT molecular complexity index is 3230. The minimum Gasteiger partial charge on any atom is -0.309 e. The highest BCUT2D eigenvalue weighted by atomic mass is 15.0. The van der Waals surface area contributed by atoms with Crippen molar-refractivity contribution in [3.63, 3.8) is 0 Å². The maximum atomic E-state index is 5.23. The van der Waals surface area contributed by atoms with E-state index in [0.29, 0.717) is 5.82 Å². The Morgan fingerprint density at radius 3 is 1.43 bits per heavy atom. The van der Waals surface area contributed by atoms with E-state index in [1.807, 2.05) is 18.2 Å². The SMILES string of the molecule is c1ccc(-c2nc(-c3cccc(-n4c5ccccc5c5cc6c(cc54)c4ccccc4n6-c4ccccc4)c3)cc(-c3ccccc3-c3ccccc3)n2)cc1. The van der Waals surface area contributed by atoms with Gasteiger partial charge in [-0.15, -0.1) is 0 Å². The fourth-order valence-electron chi connectivity index (χ4n) is 8.39. The second kappa shape index (κ2) is 13.1. The molecule has 11 rings (SSSR count).